The summed E-state index contributed by atoms with van der Waals surface area (Å²) in [5.74, 6) is 0.607. The smallest absolute Gasteiger partial charge is 0.243 e. The Bertz CT molecular complexity index is 1880. The quantitative estimate of drug-likeness (QED) is 0.200. The van der Waals surface area contributed by atoms with Crippen LogP contribution in [0.5, 0.6) is 5.75 Å². The Balaban J connectivity index is 0.968. The van der Waals surface area contributed by atoms with E-state index < -0.39 is 37.3 Å². The molecule has 1 saturated carbocycles. The zero-order valence-electron chi connectivity index (χ0n) is 29.9. The van der Waals surface area contributed by atoms with Crippen LogP contribution in [0, 0.1) is 5.92 Å². The van der Waals surface area contributed by atoms with Crippen molar-refractivity contribution in [3.63, 3.8) is 0 Å². The van der Waals surface area contributed by atoms with Gasteiger partial charge in [0.1, 0.15) is 12.4 Å². The molecule has 1 aliphatic carbocycles. The molecular weight excluding hydrogens is 689 g/mol. The van der Waals surface area contributed by atoms with Crippen molar-refractivity contribution in [1.82, 2.24) is 9.62 Å². The first-order valence-electron chi connectivity index (χ1n) is 18.0. The second kappa shape index (κ2) is 14.9. The van der Waals surface area contributed by atoms with E-state index in [4.69, 9.17) is 9.47 Å². The molecular formula is C39H52N2O8S2. The van der Waals surface area contributed by atoms with Crippen molar-refractivity contribution in [3.8, 4) is 16.9 Å². The molecule has 12 heteroatoms. The van der Waals surface area contributed by atoms with Gasteiger partial charge < -0.3 is 25.0 Å². The van der Waals surface area contributed by atoms with Crippen LogP contribution in [0.3, 0.4) is 0 Å². The molecule has 51 heavy (non-hydrogen) atoms. The molecule has 0 aromatic heterocycles. The molecule has 2 saturated heterocycles. The fourth-order valence-corrected chi connectivity index (χ4v) is 10.4. The number of benzene rings is 3. The largest absolute Gasteiger partial charge is 0.491 e. The molecule has 0 amide bonds. The maximum Gasteiger partial charge on any atom is 0.243 e. The Hall–Kier alpha value is -2.84. The van der Waals surface area contributed by atoms with Crippen molar-refractivity contribution >= 4 is 19.9 Å². The van der Waals surface area contributed by atoms with E-state index in [1.807, 2.05) is 18.2 Å². The van der Waals surface area contributed by atoms with E-state index in [9.17, 15) is 27.0 Å². The lowest BCUT2D eigenvalue weighted by Gasteiger charge is -2.38. The van der Waals surface area contributed by atoms with Crippen LogP contribution in [0.4, 0.5) is 0 Å². The molecule has 10 nitrogen and oxygen atoms in total. The van der Waals surface area contributed by atoms with E-state index in [0.717, 1.165) is 30.5 Å². The number of aliphatic hydroxyl groups is 2. The number of hydrogen-bond donors (Lipinski definition) is 3. The molecule has 2 heterocycles. The minimum Gasteiger partial charge on any atom is -0.491 e. The van der Waals surface area contributed by atoms with E-state index in [1.165, 1.54) is 17.7 Å². The number of nitrogens with one attached hydrogen (secondary N) is 1. The molecule has 3 aliphatic rings. The zero-order valence-corrected chi connectivity index (χ0v) is 31.5. The lowest BCUT2D eigenvalue weighted by Crippen LogP contribution is -2.46. The van der Waals surface area contributed by atoms with Gasteiger partial charge in [-0.25, -0.2) is 16.8 Å². The number of ether oxygens (including phenoxy) is 2. The Kier molecular flexibility index (Phi) is 11.1. The first kappa shape index (κ1) is 37.9. The van der Waals surface area contributed by atoms with Crippen LogP contribution in [0.1, 0.15) is 71.3 Å². The second-order valence-electron chi connectivity index (χ2n) is 15.7. The molecule has 0 radical (unpaired) electrons. The van der Waals surface area contributed by atoms with Crippen LogP contribution in [0.25, 0.3) is 11.1 Å². The molecule has 3 aromatic carbocycles. The van der Waals surface area contributed by atoms with Crippen molar-refractivity contribution in [1.29, 1.82) is 0 Å². The zero-order chi connectivity index (χ0) is 36.5. The summed E-state index contributed by atoms with van der Waals surface area (Å²) >= 11 is 0. The SMILES string of the molecule is CC(C)(C)NCc1ccc(-c2cccc(S(=O)(=O)N3CCC4(CC3)C[C@H](CC[C@H](O)COc3cccc(S(=O)(=O)C5(CO)CC5)c3)CO4)c2)cc1. The highest BCUT2D eigenvalue weighted by atomic mass is 32.2. The number of hydrogen-bond acceptors (Lipinski definition) is 9. The molecule has 278 valence electrons. The van der Waals surface area contributed by atoms with Gasteiger partial charge >= 0.3 is 0 Å². The molecule has 0 unspecified atom stereocenters. The number of rotatable bonds is 14. The average molecular weight is 741 g/mol. The number of sulfone groups is 1. The van der Waals surface area contributed by atoms with Crippen LogP contribution in [0.15, 0.2) is 82.6 Å². The highest BCUT2D eigenvalue weighted by Crippen LogP contribution is 2.47. The predicted octanol–water partition coefficient (Wildman–Crippen LogP) is 5.32. The average Bonchev–Trinajstić information content (AvgIpc) is 3.85. The van der Waals surface area contributed by atoms with Gasteiger partial charge in [-0.2, -0.15) is 4.31 Å². The van der Waals surface area contributed by atoms with Crippen molar-refractivity contribution in [3.05, 3.63) is 78.4 Å². The Labute approximate surface area is 303 Å². The molecule has 3 N–H and O–H groups in total. The number of sulfonamides is 1. The maximum absolute atomic E-state index is 13.7. The van der Waals surface area contributed by atoms with E-state index in [1.54, 1.807) is 34.6 Å². The Morgan fingerprint density at radius 2 is 1.61 bits per heavy atom. The number of piperidine rings is 1. The molecule has 2 atom stereocenters. The molecule has 6 rings (SSSR count). The molecule has 3 aromatic rings. The summed E-state index contributed by atoms with van der Waals surface area (Å²) in [6.07, 6.45) is 3.45. The van der Waals surface area contributed by atoms with Crippen molar-refractivity contribution in [2.75, 3.05) is 32.9 Å². The summed E-state index contributed by atoms with van der Waals surface area (Å²) in [5, 5.41) is 23.8. The third-order valence-electron chi connectivity index (χ3n) is 10.6. The fraction of sp³-hybridized carbons (Fsp3) is 0.538. The first-order valence-corrected chi connectivity index (χ1v) is 20.9. The van der Waals surface area contributed by atoms with Crippen LogP contribution >= 0.6 is 0 Å². The minimum absolute atomic E-state index is 0.0235. The summed E-state index contributed by atoms with van der Waals surface area (Å²) < 4.78 is 65.9. The highest BCUT2D eigenvalue weighted by Gasteiger charge is 2.54. The monoisotopic (exact) mass is 740 g/mol. The van der Waals surface area contributed by atoms with Crippen LogP contribution in [0.2, 0.25) is 0 Å². The Morgan fingerprint density at radius 1 is 0.922 bits per heavy atom. The number of nitrogens with zero attached hydrogens (tertiary/aromatic N) is 1. The summed E-state index contributed by atoms with van der Waals surface area (Å²) in [7, 11) is -7.34. The summed E-state index contributed by atoms with van der Waals surface area (Å²) in [6, 6.07) is 21.6. The predicted molar refractivity (Wildman–Crippen MR) is 197 cm³/mol. The van der Waals surface area contributed by atoms with Gasteiger partial charge in [0, 0.05) is 25.2 Å². The molecule has 2 aliphatic heterocycles. The van der Waals surface area contributed by atoms with Crippen molar-refractivity contribution < 1.29 is 36.5 Å². The van der Waals surface area contributed by atoms with Gasteiger partial charge in [-0.1, -0.05) is 42.5 Å². The third kappa shape index (κ3) is 8.70. The summed E-state index contributed by atoms with van der Waals surface area (Å²) in [4.78, 5) is 0.411. The van der Waals surface area contributed by atoms with Gasteiger partial charge in [0.05, 0.1) is 39.5 Å². The summed E-state index contributed by atoms with van der Waals surface area (Å²) in [6.45, 7) is 8.13. The van der Waals surface area contributed by atoms with Gasteiger partial charge in [-0.05, 0) is 119 Å². The molecule has 0 bridgehead atoms. The van der Waals surface area contributed by atoms with E-state index in [-0.39, 0.29) is 28.6 Å². The highest BCUT2D eigenvalue weighted by molar-refractivity contribution is 7.93. The second-order valence-corrected chi connectivity index (χ2v) is 19.9. The van der Waals surface area contributed by atoms with E-state index >= 15 is 0 Å². The standard InChI is InChI=1S/C39H52N2O8S2/c1-37(2,3)40-25-29-10-13-31(14-11-29)32-6-4-9-36(22-32)51(46,47)41-20-18-38(19-21-41)24-30(26-49-38)12-15-33(43)27-48-34-7-5-8-35(23-34)50(44,45)39(28-42)16-17-39/h4-11,13-14,22-23,30,33,40,42-43H,12,15-21,24-28H2,1-3H3/t30-,33-/m0/s1. The third-order valence-corrected chi connectivity index (χ3v) is 15.1. The van der Waals surface area contributed by atoms with Crippen LogP contribution in [-0.4, -0.2) is 86.3 Å². The van der Waals surface area contributed by atoms with Gasteiger partial charge in [0.2, 0.25) is 10.0 Å². The van der Waals surface area contributed by atoms with E-state index in [2.05, 4.69) is 38.2 Å². The van der Waals surface area contributed by atoms with Crippen LogP contribution in [-0.2, 0) is 31.1 Å². The fourth-order valence-electron chi connectivity index (χ4n) is 7.11. The lowest BCUT2D eigenvalue weighted by molar-refractivity contribution is -0.0314. The number of aliphatic hydroxyl groups excluding tert-OH is 2. The maximum atomic E-state index is 13.7. The van der Waals surface area contributed by atoms with Crippen LogP contribution < -0.4 is 10.1 Å². The van der Waals surface area contributed by atoms with Gasteiger partial charge in [0.15, 0.2) is 9.84 Å². The first-order chi connectivity index (χ1) is 24.1. The molecule has 3 fully saturated rings. The van der Waals surface area contributed by atoms with E-state index in [0.29, 0.717) is 62.4 Å². The minimum atomic E-state index is -3.68. The van der Waals surface area contributed by atoms with Gasteiger partial charge in [-0.15, -0.1) is 0 Å². The normalized spacial score (nSPS) is 21.1. The summed E-state index contributed by atoms with van der Waals surface area (Å²) in [5.41, 5.74) is 2.66. The van der Waals surface area contributed by atoms with Gasteiger partial charge in [0.25, 0.3) is 0 Å². The van der Waals surface area contributed by atoms with Crippen molar-refractivity contribution in [2.45, 2.75) is 104 Å². The van der Waals surface area contributed by atoms with Crippen molar-refractivity contribution in [2.24, 2.45) is 5.92 Å². The Morgan fingerprint density at radius 3 is 2.27 bits per heavy atom. The lowest BCUT2D eigenvalue weighted by atomic mass is 9.84. The van der Waals surface area contributed by atoms with Gasteiger partial charge in [-0.3, -0.25) is 0 Å². The molecule has 1 spiro atoms. The topological polar surface area (TPSA) is 142 Å².